The van der Waals surface area contributed by atoms with E-state index in [1.54, 1.807) is 44.2 Å². The average molecular weight is 480 g/mol. The number of carbonyl (C=O) groups is 2. The van der Waals surface area contributed by atoms with Crippen molar-refractivity contribution in [1.29, 1.82) is 0 Å². The Hall–Kier alpha value is -3.43. The van der Waals surface area contributed by atoms with Crippen molar-refractivity contribution < 1.29 is 14.3 Å². The molecule has 0 fully saturated rings. The fourth-order valence-electron chi connectivity index (χ4n) is 3.10. The van der Waals surface area contributed by atoms with Gasteiger partial charge in [-0.15, -0.1) is 11.3 Å². The number of nitrogens with zero attached hydrogens (tertiary/aromatic N) is 2. The second kappa shape index (κ2) is 10.0. The van der Waals surface area contributed by atoms with Crippen LogP contribution in [0.1, 0.15) is 24.2 Å². The van der Waals surface area contributed by atoms with Gasteiger partial charge < -0.3 is 10.1 Å². The lowest BCUT2D eigenvalue weighted by Gasteiger charge is -2.12. The third-order valence-corrected chi connectivity index (χ3v) is 6.31. The fraction of sp³-hybridized carbons (Fsp3) is 0.167. The van der Waals surface area contributed by atoms with Crippen LogP contribution in [0, 0.1) is 0 Å². The summed E-state index contributed by atoms with van der Waals surface area (Å²) in [7, 11) is 0. The number of anilines is 1. The minimum absolute atomic E-state index is 0.0628. The monoisotopic (exact) mass is 479 g/mol. The highest BCUT2D eigenvalue weighted by molar-refractivity contribution is 7.99. The molecule has 0 saturated carbocycles. The number of ether oxygens (including phenoxy) is 1. The van der Waals surface area contributed by atoms with Crippen molar-refractivity contribution in [3.63, 3.8) is 0 Å². The lowest BCUT2D eigenvalue weighted by molar-refractivity contribution is -0.113. The van der Waals surface area contributed by atoms with Crippen molar-refractivity contribution >= 4 is 50.9 Å². The second-order valence-corrected chi connectivity index (χ2v) is 9.22. The molecule has 4 aromatic rings. The number of fused-ring (bicyclic) bond motifs is 1. The third kappa shape index (κ3) is 5.32. The van der Waals surface area contributed by atoms with E-state index in [0.29, 0.717) is 32.3 Å². The van der Waals surface area contributed by atoms with Gasteiger partial charge in [-0.3, -0.25) is 14.2 Å². The summed E-state index contributed by atoms with van der Waals surface area (Å²) >= 11 is 2.58. The van der Waals surface area contributed by atoms with Crippen molar-refractivity contribution in [2.45, 2.75) is 25.1 Å². The summed E-state index contributed by atoms with van der Waals surface area (Å²) in [5.74, 6) is -0.599. The Bertz CT molecular complexity index is 1350. The molecule has 7 nitrogen and oxygen atoms in total. The van der Waals surface area contributed by atoms with E-state index < -0.39 is 5.97 Å². The summed E-state index contributed by atoms with van der Waals surface area (Å²) in [6, 6.07) is 17.5. The third-order valence-electron chi connectivity index (χ3n) is 4.56. The van der Waals surface area contributed by atoms with Crippen LogP contribution in [0.3, 0.4) is 0 Å². The molecule has 2 aromatic heterocycles. The van der Waals surface area contributed by atoms with Gasteiger partial charge in [0.15, 0.2) is 5.16 Å². The number of para-hydroxylation sites is 1. The number of hydrogen-bond donors (Lipinski definition) is 1. The van der Waals surface area contributed by atoms with E-state index >= 15 is 0 Å². The molecule has 0 aliphatic heterocycles. The zero-order valence-corrected chi connectivity index (χ0v) is 19.6. The molecule has 9 heteroatoms. The standard InChI is InChI=1S/C24H21N3O4S2/c1-15(2)31-23(30)16-8-10-17(11-9-16)25-20(28)14-33-24-26-21-19(12-13-32-21)22(29)27(24)18-6-4-3-5-7-18/h3-13,15H,14H2,1-2H3,(H,25,28). The summed E-state index contributed by atoms with van der Waals surface area (Å²) in [4.78, 5) is 42.8. The first kappa shape index (κ1) is 22.8. The molecule has 2 aromatic carbocycles. The fourth-order valence-corrected chi connectivity index (χ4v) is 4.71. The maximum absolute atomic E-state index is 13.1. The lowest BCUT2D eigenvalue weighted by atomic mass is 10.2. The van der Waals surface area contributed by atoms with Crippen molar-refractivity contribution in [2.75, 3.05) is 11.1 Å². The molecule has 0 atom stereocenters. The minimum Gasteiger partial charge on any atom is -0.459 e. The number of benzene rings is 2. The van der Waals surface area contributed by atoms with E-state index in [-0.39, 0.29) is 23.3 Å². The quantitative estimate of drug-likeness (QED) is 0.234. The Balaban J connectivity index is 1.49. The topological polar surface area (TPSA) is 90.3 Å². The molecule has 2 heterocycles. The van der Waals surface area contributed by atoms with Crippen LogP contribution in [0.2, 0.25) is 0 Å². The van der Waals surface area contributed by atoms with E-state index in [9.17, 15) is 14.4 Å². The number of esters is 1. The Morgan fingerprint density at radius 1 is 1.09 bits per heavy atom. The number of rotatable bonds is 7. The molecular weight excluding hydrogens is 458 g/mol. The molecule has 0 radical (unpaired) electrons. The molecule has 0 aliphatic rings. The molecule has 0 aliphatic carbocycles. The number of amides is 1. The minimum atomic E-state index is -0.410. The second-order valence-electron chi connectivity index (χ2n) is 7.38. The van der Waals surface area contributed by atoms with Crippen molar-refractivity contribution in [1.82, 2.24) is 9.55 Å². The average Bonchev–Trinajstić information content (AvgIpc) is 3.27. The molecule has 0 spiro atoms. The molecule has 33 heavy (non-hydrogen) atoms. The van der Waals surface area contributed by atoms with Crippen LogP contribution in [0.15, 0.2) is 76.0 Å². The Morgan fingerprint density at radius 2 is 1.82 bits per heavy atom. The van der Waals surface area contributed by atoms with Crippen LogP contribution in [0.4, 0.5) is 5.69 Å². The zero-order valence-electron chi connectivity index (χ0n) is 18.0. The Labute approximate surface area is 198 Å². The highest BCUT2D eigenvalue weighted by atomic mass is 32.2. The van der Waals surface area contributed by atoms with Crippen molar-refractivity contribution in [3.8, 4) is 5.69 Å². The summed E-state index contributed by atoms with van der Waals surface area (Å²) in [6.45, 7) is 3.57. The van der Waals surface area contributed by atoms with Gasteiger partial charge in [0, 0.05) is 5.69 Å². The normalized spacial score (nSPS) is 11.0. The first-order valence-electron chi connectivity index (χ1n) is 10.2. The van der Waals surface area contributed by atoms with E-state index in [2.05, 4.69) is 10.3 Å². The van der Waals surface area contributed by atoms with Gasteiger partial charge in [0.2, 0.25) is 5.91 Å². The first-order valence-corrected chi connectivity index (χ1v) is 12.1. The SMILES string of the molecule is CC(C)OC(=O)c1ccc(NC(=O)CSc2nc3sccc3c(=O)n2-c2ccccc2)cc1. The van der Waals surface area contributed by atoms with Gasteiger partial charge in [-0.25, -0.2) is 9.78 Å². The zero-order chi connectivity index (χ0) is 23.4. The summed E-state index contributed by atoms with van der Waals surface area (Å²) in [5.41, 5.74) is 1.49. The van der Waals surface area contributed by atoms with Gasteiger partial charge in [-0.2, -0.15) is 0 Å². The predicted octanol–water partition coefficient (Wildman–Crippen LogP) is 4.74. The van der Waals surface area contributed by atoms with Gasteiger partial charge in [0.1, 0.15) is 4.83 Å². The van der Waals surface area contributed by atoms with Gasteiger partial charge >= 0.3 is 5.97 Å². The number of aromatic nitrogens is 2. The van der Waals surface area contributed by atoms with Crippen LogP contribution in [-0.4, -0.2) is 33.3 Å². The molecule has 0 saturated heterocycles. The van der Waals surface area contributed by atoms with Gasteiger partial charge in [-0.1, -0.05) is 30.0 Å². The number of thiophene rings is 1. The largest absolute Gasteiger partial charge is 0.459 e. The number of carbonyl (C=O) groups excluding carboxylic acids is 2. The van der Waals surface area contributed by atoms with E-state index in [0.717, 1.165) is 0 Å². The highest BCUT2D eigenvalue weighted by Gasteiger charge is 2.16. The predicted molar refractivity (Wildman–Crippen MR) is 132 cm³/mol. The van der Waals surface area contributed by atoms with Gasteiger partial charge in [-0.05, 0) is 61.7 Å². The number of hydrogen-bond acceptors (Lipinski definition) is 7. The summed E-state index contributed by atoms with van der Waals surface area (Å²) < 4.78 is 6.69. The highest BCUT2D eigenvalue weighted by Crippen LogP contribution is 2.24. The maximum atomic E-state index is 13.1. The smallest absolute Gasteiger partial charge is 0.338 e. The molecule has 0 unspecified atom stereocenters. The number of nitrogens with one attached hydrogen (secondary N) is 1. The number of thioether (sulfide) groups is 1. The molecular formula is C24H21N3O4S2. The van der Waals surface area contributed by atoms with E-state index in [1.807, 2.05) is 35.7 Å². The van der Waals surface area contributed by atoms with Crippen LogP contribution >= 0.6 is 23.1 Å². The van der Waals surface area contributed by atoms with Crippen molar-refractivity contribution in [3.05, 3.63) is 82.0 Å². The van der Waals surface area contributed by atoms with E-state index in [1.165, 1.54) is 27.7 Å². The molecule has 0 bridgehead atoms. The van der Waals surface area contributed by atoms with E-state index in [4.69, 9.17) is 4.74 Å². The molecule has 1 N–H and O–H groups in total. The summed E-state index contributed by atoms with van der Waals surface area (Å²) in [5, 5.41) is 5.63. The Kier molecular flexibility index (Phi) is 6.90. The van der Waals surface area contributed by atoms with Crippen molar-refractivity contribution in [2.24, 2.45) is 0 Å². The lowest BCUT2D eigenvalue weighted by Crippen LogP contribution is -2.22. The van der Waals surface area contributed by atoms with Crippen LogP contribution < -0.4 is 10.9 Å². The summed E-state index contributed by atoms with van der Waals surface area (Å²) in [6.07, 6.45) is -0.204. The van der Waals surface area contributed by atoms with Crippen LogP contribution in [0.5, 0.6) is 0 Å². The molecule has 4 rings (SSSR count). The molecule has 1 amide bonds. The Morgan fingerprint density at radius 3 is 2.52 bits per heavy atom. The van der Waals surface area contributed by atoms with Gasteiger partial charge in [0.25, 0.3) is 5.56 Å². The first-order chi connectivity index (χ1) is 15.9. The van der Waals surface area contributed by atoms with Crippen LogP contribution in [-0.2, 0) is 9.53 Å². The van der Waals surface area contributed by atoms with Crippen LogP contribution in [0.25, 0.3) is 15.9 Å². The maximum Gasteiger partial charge on any atom is 0.338 e. The van der Waals surface area contributed by atoms with Gasteiger partial charge in [0.05, 0.1) is 28.5 Å². The molecule has 168 valence electrons.